The Labute approximate surface area is 154 Å². The van der Waals surface area contributed by atoms with Crippen molar-refractivity contribution in [3.8, 4) is 5.75 Å². The molecule has 2 heterocycles. The number of benzene rings is 1. The highest BCUT2D eigenvalue weighted by molar-refractivity contribution is 9.10. The van der Waals surface area contributed by atoms with E-state index in [1.54, 1.807) is 0 Å². The van der Waals surface area contributed by atoms with Gasteiger partial charge in [0, 0.05) is 25.3 Å². The number of piperidine rings is 1. The average molecular weight is 397 g/mol. The Balaban J connectivity index is 1.57. The summed E-state index contributed by atoms with van der Waals surface area (Å²) in [5.41, 5.74) is 1.24. The minimum absolute atomic E-state index is 0.246. The number of hydrogen-bond acceptors (Lipinski definition) is 4. The highest BCUT2D eigenvalue weighted by atomic mass is 79.9. The van der Waals surface area contributed by atoms with E-state index in [-0.39, 0.29) is 6.10 Å². The fraction of sp³-hybridized carbons (Fsp3) is 0.684. The second-order valence-electron chi connectivity index (χ2n) is 7.08. The van der Waals surface area contributed by atoms with Crippen LogP contribution in [0.4, 0.5) is 0 Å². The molecule has 0 aromatic heterocycles. The van der Waals surface area contributed by atoms with Crippen molar-refractivity contribution in [2.24, 2.45) is 5.92 Å². The van der Waals surface area contributed by atoms with Crippen LogP contribution in [0.5, 0.6) is 5.75 Å². The van der Waals surface area contributed by atoms with Crippen LogP contribution in [0.25, 0.3) is 0 Å². The van der Waals surface area contributed by atoms with E-state index in [0.717, 1.165) is 55.2 Å². The Morgan fingerprint density at radius 1 is 1.33 bits per heavy atom. The van der Waals surface area contributed by atoms with E-state index in [2.05, 4.69) is 51.4 Å². The van der Waals surface area contributed by atoms with Crippen molar-refractivity contribution in [2.75, 3.05) is 39.9 Å². The molecule has 0 aliphatic carbocycles. The first-order valence-corrected chi connectivity index (χ1v) is 9.92. The van der Waals surface area contributed by atoms with Gasteiger partial charge in [-0.3, -0.25) is 0 Å². The van der Waals surface area contributed by atoms with Gasteiger partial charge in [-0.05, 0) is 73.7 Å². The molecule has 2 unspecified atom stereocenters. The molecular weight excluding hydrogens is 368 g/mol. The fourth-order valence-electron chi connectivity index (χ4n) is 3.67. The first-order valence-electron chi connectivity index (χ1n) is 9.13. The molecule has 2 aliphatic heterocycles. The van der Waals surface area contributed by atoms with Crippen molar-refractivity contribution >= 4 is 15.9 Å². The Hall–Kier alpha value is -0.620. The lowest BCUT2D eigenvalue weighted by Crippen LogP contribution is -2.36. The standard InChI is InChI=1S/C19H29BrN2O2/c1-22(12-15-5-3-9-21-11-15)13-16-6-2-8-18(20)19(16)24-14-17-7-4-10-23-17/h2,6,8,15,17,21H,3-5,7,9-14H2,1H3. The maximum atomic E-state index is 6.13. The van der Waals surface area contributed by atoms with E-state index in [1.165, 1.54) is 24.9 Å². The molecule has 0 radical (unpaired) electrons. The summed E-state index contributed by atoms with van der Waals surface area (Å²) in [5, 5.41) is 3.50. The Kier molecular flexibility index (Phi) is 6.95. The summed E-state index contributed by atoms with van der Waals surface area (Å²) in [6.45, 7) is 5.88. The van der Waals surface area contributed by atoms with Crippen LogP contribution in [0.3, 0.4) is 0 Å². The summed E-state index contributed by atoms with van der Waals surface area (Å²) >= 11 is 3.65. The number of rotatable bonds is 7. The Morgan fingerprint density at radius 3 is 3.00 bits per heavy atom. The largest absolute Gasteiger partial charge is 0.489 e. The van der Waals surface area contributed by atoms with Gasteiger partial charge >= 0.3 is 0 Å². The summed E-state index contributed by atoms with van der Waals surface area (Å²) in [6, 6.07) is 6.32. The van der Waals surface area contributed by atoms with Gasteiger partial charge in [0.15, 0.2) is 0 Å². The van der Waals surface area contributed by atoms with E-state index in [9.17, 15) is 0 Å². The van der Waals surface area contributed by atoms with Gasteiger partial charge in [-0.2, -0.15) is 0 Å². The Bertz CT molecular complexity index is 514. The van der Waals surface area contributed by atoms with Gasteiger partial charge in [-0.15, -0.1) is 0 Å². The topological polar surface area (TPSA) is 33.7 Å². The van der Waals surface area contributed by atoms with Crippen LogP contribution in [0.2, 0.25) is 0 Å². The van der Waals surface area contributed by atoms with Gasteiger partial charge in [-0.25, -0.2) is 0 Å². The molecule has 1 aromatic carbocycles. The molecule has 2 aliphatic rings. The van der Waals surface area contributed by atoms with E-state index >= 15 is 0 Å². The summed E-state index contributed by atoms with van der Waals surface area (Å²) in [6.07, 6.45) is 5.13. The van der Waals surface area contributed by atoms with Crippen LogP contribution in [0.1, 0.15) is 31.2 Å². The van der Waals surface area contributed by atoms with Gasteiger partial charge in [0.1, 0.15) is 12.4 Å². The SMILES string of the molecule is CN(Cc1cccc(Br)c1OCC1CCCO1)CC1CCCNC1. The Morgan fingerprint density at radius 2 is 2.25 bits per heavy atom. The lowest BCUT2D eigenvalue weighted by atomic mass is 9.99. The van der Waals surface area contributed by atoms with Crippen molar-refractivity contribution in [2.45, 2.75) is 38.3 Å². The quantitative estimate of drug-likeness (QED) is 0.765. The van der Waals surface area contributed by atoms with Crippen LogP contribution < -0.4 is 10.1 Å². The predicted octanol–water partition coefficient (Wildman–Crippen LogP) is 3.44. The van der Waals surface area contributed by atoms with E-state index < -0.39 is 0 Å². The second kappa shape index (κ2) is 9.18. The van der Waals surface area contributed by atoms with Crippen LogP contribution in [0, 0.1) is 5.92 Å². The number of halogens is 1. The lowest BCUT2D eigenvalue weighted by molar-refractivity contribution is 0.0670. The van der Waals surface area contributed by atoms with Crippen LogP contribution in [-0.4, -0.2) is 50.9 Å². The number of nitrogens with zero attached hydrogens (tertiary/aromatic N) is 1. The second-order valence-corrected chi connectivity index (χ2v) is 7.94. The van der Waals surface area contributed by atoms with Crippen LogP contribution in [-0.2, 0) is 11.3 Å². The highest BCUT2D eigenvalue weighted by Gasteiger charge is 2.19. The zero-order valence-corrected chi connectivity index (χ0v) is 16.2. The van der Waals surface area contributed by atoms with Gasteiger partial charge in [-0.1, -0.05) is 12.1 Å². The van der Waals surface area contributed by atoms with Crippen molar-refractivity contribution in [1.82, 2.24) is 10.2 Å². The average Bonchev–Trinajstić information content (AvgIpc) is 3.08. The smallest absolute Gasteiger partial charge is 0.138 e. The number of ether oxygens (including phenoxy) is 2. The lowest BCUT2D eigenvalue weighted by Gasteiger charge is -2.28. The van der Waals surface area contributed by atoms with E-state index in [0.29, 0.717) is 6.61 Å². The third kappa shape index (κ3) is 5.19. The highest BCUT2D eigenvalue weighted by Crippen LogP contribution is 2.31. The molecule has 0 amide bonds. The number of hydrogen-bond donors (Lipinski definition) is 1. The molecule has 24 heavy (non-hydrogen) atoms. The summed E-state index contributed by atoms with van der Waals surface area (Å²) < 4.78 is 12.8. The molecule has 4 nitrogen and oxygen atoms in total. The van der Waals surface area contributed by atoms with Crippen molar-refractivity contribution in [3.05, 3.63) is 28.2 Å². The molecule has 2 atom stereocenters. The first-order chi connectivity index (χ1) is 11.7. The minimum Gasteiger partial charge on any atom is -0.489 e. The van der Waals surface area contributed by atoms with Crippen molar-refractivity contribution in [3.63, 3.8) is 0 Å². The third-order valence-electron chi connectivity index (χ3n) is 4.90. The summed E-state index contributed by atoms with van der Waals surface area (Å²) in [5.74, 6) is 1.73. The number of para-hydroxylation sites is 1. The van der Waals surface area contributed by atoms with E-state index in [1.807, 2.05) is 0 Å². The summed E-state index contributed by atoms with van der Waals surface area (Å²) in [7, 11) is 2.21. The zero-order valence-electron chi connectivity index (χ0n) is 14.6. The molecule has 0 spiro atoms. The first kappa shape index (κ1) is 18.2. The molecule has 0 bridgehead atoms. The fourth-order valence-corrected chi connectivity index (χ4v) is 4.19. The maximum absolute atomic E-state index is 6.13. The van der Waals surface area contributed by atoms with Crippen molar-refractivity contribution in [1.29, 1.82) is 0 Å². The molecule has 0 saturated carbocycles. The summed E-state index contributed by atoms with van der Waals surface area (Å²) in [4.78, 5) is 2.42. The van der Waals surface area contributed by atoms with Crippen LogP contribution >= 0.6 is 15.9 Å². The monoisotopic (exact) mass is 396 g/mol. The molecule has 1 aromatic rings. The number of nitrogens with one attached hydrogen (secondary N) is 1. The molecular formula is C19H29BrN2O2. The van der Waals surface area contributed by atoms with Gasteiger partial charge in [0.05, 0.1) is 10.6 Å². The molecule has 134 valence electrons. The normalized spacial score (nSPS) is 24.5. The maximum Gasteiger partial charge on any atom is 0.138 e. The van der Waals surface area contributed by atoms with E-state index in [4.69, 9.17) is 9.47 Å². The third-order valence-corrected chi connectivity index (χ3v) is 5.52. The van der Waals surface area contributed by atoms with Crippen molar-refractivity contribution < 1.29 is 9.47 Å². The predicted molar refractivity (Wildman–Crippen MR) is 101 cm³/mol. The molecule has 1 N–H and O–H groups in total. The molecule has 2 saturated heterocycles. The van der Waals surface area contributed by atoms with Gasteiger partial charge < -0.3 is 19.7 Å². The van der Waals surface area contributed by atoms with Gasteiger partial charge in [0.25, 0.3) is 0 Å². The molecule has 5 heteroatoms. The van der Waals surface area contributed by atoms with Crippen LogP contribution in [0.15, 0.2) is 22.7 Å². The minimum atomic E-state index is 0.246. The molecule has 2 fully saturated rings. The zero-order chi connectivity index (χ0) is 16.8. The van der Waals surface area contributed by atoms with Gasteiger partial charge in [0.2, 0.25) is 0 Å². The molecule has 3 rings (SSSR count).